The number of nitrogens with zero attached hydrogens (tertiary/aromatic N) is 3. The van der Waals surface area contributed by atoms with E-state index in [0.717, 1.165) is 37.7 Å². The zero-order valence-electron chi connectivity index (χ0n) is 10.5. The maximum atomic E-state index is 10.7. The number of rotatable bonds is 2. The van der Waals surface area contributed by atoms with Crippen LogP contribution in [-0.4, -0.2) is 23.0 Å². The van der Waals surface area contributed by atoms with Gasteiger partial charge in [0.25, 0.3) is 0 Å². The molecule has 0 aliphatic carbocycles. The highest BCUT2D eigenvalue weighted by Crippen LogP contribution is 2.25. The fraction of sp³-hybridized carbons (Fsp3) is 0.583. The molecular formula is C12H18N4O2. The number of nitrogen functional groups attached to an aromatic ring is 1. The van der Waals surface area contributed by atoms with Gasteiger partial charge in [-0.3, -0.25) is 10.1 Å². The zero-order chi connectivity index (χ0) is 13.1. The highest BCUT2D eigenvalue weighted by atomic mass is 16.6. The first kappa shape index (κ1) is 12.6. The molecule has 2 rings (SSSR count). The SMILES string of the molecule is CC1CCCN(c2ccc([N+](=O)[O-])c(N)n2)CC1. The van der Waals surface area contributed by atoms with E-state index in [2.05, 4.69) is 16.8 Å². The average Bonchev–Trinajstić information content (AvgIpc) is 2.53. The van der Waals surface area contributed by atoms with E-state index in [1.54, 1.807) is 6.07 Å². The molecule has 1 aliphatic heterocycles. The first-order valence-electron chi connectivity index (χ1n) is 6.24. The largest absolute Gasteiger partial charge is 0.378 e. The maximum Gasteiger partial charge on any atom is 0.311 e. The predicted octanol–water partition coefficient (Wildman–Crippen LogP) is 2.20. The molecule has 1 fully saturated rings. The second-order valence-electron chi connectivity index (χ2n) is 4.85. The molecule has 18 heavy (non-hydrogen) atoms. The summed E-state index contributed by atoms with van der Waals surface area (Å²) in [7, 11) is 0. The van der Waals surface area contributed by atoms with E-state index in [1.807, 2.05) is 0 Å². The van der Waals surface area contributed by atoms with Gasteiger partial charge in [-0.05, 0) is 31.2 Å². The summed E-state index contributed by atoms with van der Waals surface area (Å²) < 4.78 is 0. The van der Waals surface area contributed by atoms with Gasteiger partial charge in [0.05, 0.1) is 4.92 Å². The molecule has 6 heteroatoms. The van der Waals surface area contributed by atoms with Crippen LogP contribution < -0.4 is 10.6 Å². The number of nitrogens with two attached hydrogens (primary N) is 1. The van der Waals surface area contributed by atoms with Crippen molar-refractivity contribution in [3.8, 4) is 0 Å². The van der Waals surface area contributed by atoms with Crippen LogP contribution in [0.1, 0.15) is 26.2 Å². The van der Waals surface area contributed by atoms with Crippen LogP contribution >= 0.6 is 0 Å². The van der Waals surface area contributed by atoms with E-state index in [-0.39, 0.29) is 11.5 Å². The Morgan fingerprint density at radius 1 is 1.44 bits per heavy atom. The van der Waals surface area contributed by atoms with Crippen molar-refractivity contribution >= 4 is 17.3 Å². The van der Waals surface area contributed by atoms with Crippen LogP contribution in [0.3, 0.4) is 0 Å². The van der Waals surface area contributed by atoms with E-state index in [0.29, 0.717) is 0 Å². The summed E-state index contributed by atoms with van der Waals surface area (Å²) in [5.41, 5.74) is 5.49. The molecule has 2 N–H and O–H groups in total. The predicted molar refractivity (Wildman–Crippen MR) is 70.5 cm³/mol. The van der Waals surface area contributed by atoms with Gasteiger partial charge in [-0.1, -0.05) is 6.92 Å². The van der Waals surface area contributed by atoms with Crippen molar-refractivity contribution in [2.24, 2.45) is 5.92 Å². The molecule has 6 nitrogen and oxygen atoms in total. The van der Waals surface area contributed by atoms with E-state index >= 15 is 0 Å². The molecule has 0 bridgehead atoms. The minimum Gasteiger partial charge on any atom is -0.378 e. The maximum absolute atomic E-state index is 10.7. The lowest BCUT2D eigenvalue weighted by molar-refractivity contribution is -0.384. The van der Waals surface area contributed by atoms with Crippen LogP contribution in [0.4, 0.5) is 17.3 Å². The third-order valence-electron chi connectivity index (χ3n) is 3.43. The Labute approximate surface area is 106 Å². The zero-order valence-corrected chi connectivity index (χ0v) is 10.5. The fourth-order valence-electron chi connectivity index (χ4n) is 2.28. The Morgan fingerprint density at radius 2 is 2.22 bits per heavy atom. The normalized spacial score (nSPS) is 20.5. The summed E-state index contributed by atoms with van der Waals surface area (Å²) in [6.45, 7) is 4.13. The highest BCUT2D eigenvalue weighted by molar-refractivity contribution is 5.57. The van der Waals surface area contributed by atoms with Gasteiger partial charge in [0.2, 0.25) is 5.82 Å². The molecular weight excluding hydrogens is 232 g/mol. The molecule has 1 aromatic rings. The smallest absolute Gasteiger partial charge is 0.311 e. The van der Waals surface area contributed by atoms with E-state index in [4.69, 9.17) is 5.73 Å². The van der Waals surface area contributed by atoms with Crippen molar-refractivity contribution in [1.82, 2.24) is 4.98 Å². The number of aromatic nitrogens is 1. The minimum atomic E-state index is -0.503. The summed E-state index contributed by atoms with van der Waals surface area (Å²) in [5.74, 6) is 1.47. The topological polar surface area (TPSA) is 85.3 Å². The van der Waals surface area contributed by atoms with Crippen LogP contribution in [0.25, 0.3) is 0 Å². The van der Waals surface area contributed by atoms with Crippen molar-refractivity contribution in [2.75, 3.05) is 23.7 Å². The molecule has 0 saturated carbocycles. The fourth-order valence-corrected chi connectivity index (χ4v) is 2.28. The highest BCUT2D eigenvalue weighted by Gasteiger charge is 2.18. The Kier molecular flexibility index (Phi) is 3.64. The summed E-state index contributed by atoms with van der Waals surface area (Å²) in [6, 6.07) is 3.12. The number of hydrogen-bond acceptors (Lipinski definition) is 5. The van der Waals surface area contributed by atoms with Gasteiger partial charge >= 0.3 is 5.69 Å². The first-order valence-corrected chi connectivity index (χ1v) is 6.24. The second-order valence-corrected chi connectivity index (χ2v) is 4.85. The Bertz CT molecular complexity index is 450. The molecule has 0 spiro atoms. The molecule has 1 atom stereocenters. The molecule has 0 amide bonds. The van der Waals surface area contributed by atoms with Crippen LogP contribution in [-0.2, 0) is 0 Å². The third-order valence-corrected chi connectivity index (χ3v) is 3.43. The number of anilines is 2. The summed E-state index contributed by atoms with van der Waals surface area (Å²) in [5, 5.41) is 10.7. The quantitative estimate of drug-likeness (QED) is 0.642. The number of nitro groups is 1. The molecule has 0 radical (unpaired) electrons. The van der Waals surface area contributed by atoms with E-state index in [9.17, 15) is 10.1 Å². The minimum absolute atomic E-state index is 0.00482. The van der Waals surface area contributed by atoms with Crippen molar-refractivity contribution in [2.45, 2.75) is 26.2 Å². The molecule has 1 aliphatic rings. The second kappa shape index (κ2) is 5.20. The molecule has 1 aromatic heterocycles. The van der Waals surface area contributed by atoms with Gasteiger partial charge in [-0.25, -0.2) is 4.98 Å². The number of hydrogen-bond donors (Lipinski definition) is 1. The van der Waals surface area contributed by atoms with Gasteiger partial charge in [-0.15, -0.1) is 0 Å². The average molecular weight is 250 g/mol. The van der Waals surface area contributed by atoms with Gasteiger partial charge in [-0.2, -0.15) is 0 Å². The van der Waals surface area contributed by atoms with Crippen LogP contribution in [0, 0.1) is 16.0 Å². The summed E-state index contributed by atoms with van der Waals surface area (Å²) in [4.78, 5) is 16.5. The lowest BCUT2D eigenvalue weighted by Gasteiger charge is -2.21. The lowest BCUT2D eigenvalue weighted by atomic mass is 10.0. The van der Waals surface area contributed by atoms with Crippen LogP contribution in [0.2, 0.25) is 0 Å². The monoisotopic (exact) mass is 250 g/mol. The van der Waals surface area contributed by atoms with Crippen LogP contribution in [0.5, 0.6) is 0 Å². The van der Waals surface area contributed by atoms with E-state index < -0.39 is 4.92 Å². The molecule has 2 heterocycles. The van der Waals surface area contributed by atoms with Gasteiger partial charge in [0, 0.05) is 19.2 Å². The summed E-state index contributed by atoms with van der Waals surface area (Å²) >= 11 is 0. The van der Waals surface area contributed by atoms with Crippen molar-refractivity contribution in [3.63, 3.8) is 0 Å². The standard InChI is InChI=1S/C12H18N4O2/c1-9-3-2-7-15(8-6-9)11-5-4-10(16(17)18)12(13)14-11/h4-5,9H,2-3,6-8H2,1H3,(H2,13,14). The van der Waals surface area contributed by atoms with Crippen molar-refractivity contribution in [1.29, 1.82) is 0 Å². The molecule has 98 valence electrons. The van der Waals surface area contributed by atoms with Crippen molar-refractivity contribution < 1.29 is 4.92 Å². The van der Waals surface area contributed by atoms with Gasteiger partial charge < -0.3 is 10.6 Å². The molecule has 1 saturated heterocycles. The van der Waals surface area contributed by atoms with Crippen molar-refractivity contribution in [3.05, 3.63) is 22.2 Å². The Balaban J connectivity index is 2.18. The third kappa shape index (κ3) is 2.69. The summed E-state index contributed by atoms with van der Waals surface area (Å²) in [6.07, 6.45) is 3.47. The Hall–Kier alpha value is -1.85. The first-order chi connectivity index (χ1) is 8.58. The Morgan fingerprint density at radius 3 is 2.89 bits per heavy atom. The van der Waals surface area contributed by atoms with Gasteiger partial charge in [0.1, 0.15) is 5.82 Å². The molecule has 1 unspecified atom stereocenters. The molecule has 0 aromatic carbocycles. The van der Waals surface area contributed by atoms with E-state index in [1.165, 1.54) is 12.5 Å². The van der Waals surface area contributed by atoms with Crippen LogP contribution in [0.15, 0.2) is 12.1 Å². The number of pyridine rings is 1. The van der Waals surface area contributed by atoms with Gasteiger partial charge in [0.15, 0.2) is 0 Å². The lowest BCUT2D eigenvalue weighted by Crippen LogP contribution is -2.25.